The van der Waals surface area contributed by atoms with Crippen molar-refractivity contribution in [2.45, 2.75) is 38.8 Å². The number of halogens is 3. The smallest absolute Gasteiger partial charge is 0.242 e. The first-order valence-electron chi connectivity index (χ1n) is 8.08. The minimum Gasteiger partial charge on any atom is -0.339 e. The van der Waals surface area contributed by atoms with Crippen LogP contribution in [0.5, 0.6) is 0 Å². The summed E-state index contributed by atoms with van der Waals surface area (Å²) in [6.45, 7) is 7.46. The van der Waals surface area contributed by atoms with E-state index in [2.05, 4.69) is 20.8 Å². The Morgan fingerprint density at radius 3 is 2.50 bits per heavy atom. The van der Waals surface area contributed by atoms with Crippen LogP contribution in [0.4, 0.5) is 4.39 Å². The van der Waals surface area contributed by atoms with Crippen molar-refractivity contribution in [2.75, 3.05) is 26.2 Å². The molecule has 1 fully saturated rings. The molecule has 24 heavy (non-hydrogen) atoms. The Morgan fingerprint density at radius 1 is 1.33 bits per heavy atom. The van der Waals surface area contributed by atoms with Crippen LogP contribution in [0, 0.1) is 5.82 Å². The fourth-order valence-electron chi connectivity index (χ4n) is 2.99. The standard InChI is InChI=1S/C17H25BrFN3O.ClH/c1-3-6-17(2,20)16(23)22-9-7-21(8-10-22)12-13-4-5-14(18)15(19)11-13;/h4-5,11H,3,6-10,12,20H2,1-2H3;1H. The normalized spacial score (nSPS) is 18.0. The van der Waals surface area contributed by atoms with E-state index < -0.39 is 5.54 Å². The van der Waals surface area contributed by atoms with E-state index >= 15 is 0 Å². The number of hydrogen-bond acceptors (Lipinski definition) is 3. The van der Waals surface area contributed by atoms with Crippen LogP contribution in [0.1, 0.15) is 32.3 Å². The maximum Gasteiger partial charge on any atom is 0.242 e. The zero-order valence-electron chi connectivity index (χ0n) is 14.2. The predicted molar refractivity (Wildman–Crippen MR) is 101 cm³/mol. The van der Waals surface area contributed by atoms with Crippen LogP contribution in [-0.4, -0.2) is 47.4 Å². The first-order valence-corrected chi connectivity index (χ1v) is 8.87. The number of amides is 1. The molecule has 136 valence electrons. The van der Waals surface area contributed by atoms with E-state index in [0.29, 0.717) is 30.5 Å². The van der Waals surface area contributed by atoms with Crippen LogP contribution in [0.15, 0.2) is 22.7 Å². The molecule has 1 aromatic carbocycles. The van der Waals surface area contributed by atoms with Gasteiger partial charge in [0, 0.05) is 32.7 Å². The van der Waals surface area contributed by atoms with Gasteiger partial charge in [0.25, 0.3) is 0 Å². The molecule has 1 saturated heterocycles. The highest BCUT2D eigenvalue weighted by Crippen LogP contribution is 2.19. The van der Waals surface area contributed by atoms with Crippen molar-refractivity contribution in [3.63, 3.8) is 0 Å². The zero-order valence-corrected chi connectivity index (χ0v) is 16.6. The molecule has 0 radical (unpaired) electrons. The van der Waals surface area contributed by atoms with Gasteiger partial charge < -0.3 is 10.6 Å². The molecule has 4 nitrogen and oxygen atoms in total. The van der Waals surface area contributed by atoms with Crippen LogP contribution in [0.3, 0.4) is 0 Å². The van der Waals surface area contributed by atoms with E-state index in [4.69, 9.17) is 5.73 Å². The van der Waals surface area contributed by atoms with Gasteiger partial charge in [-0.2, -0.15) is 0 Å². The van der Waals surface area contributed by atoms with Crippen LogP contribution < -0.4 is 5.73 Å². The molecule has 0 aromatic heterocycles. The maximum absolute atomic E-state index is 13.6. The second-order valence-electron chi connectivity index (χ2n) is 6.48. The Hall–Kier alpha value is -0.690. The van der Waals surface area contributed by atoms with Crippen molar-refractivity contribution in [3.05, 3.63) is 34.1 Å². The van der Waals surface area contributed by atoms with Gasteiger partial charge in [-0.3, -0.25) is 9.69 Å². The molecule has 1 heterocycles. The third-order valence-corrected chi connectivity index (χ3v) is 4.95. The number of nitrogens with two attached hydrogens (primary N) is 1. The fraction of sp³-hybridized carbons (Fsp3) is 0.588. The molecule has 1 aromatic rings. The first-order chi connectivity index (χ1) is 10.8. The second-order valence-corrected chi connectivity index (χ2v) is 7.34. The van der Waals surface area contributed by atoms with Crippen LogP contribution in [0.25, 0.3) is 0 Å². The summed E-state index contributed by atoms with van der Waals surface area (Å²) in [7, 11) is 0. The van der Waals surface area contributed by atoms with Crippen molar-refractivity contribution in [3.8, 4) is 0 Å². The monoisotopic (exact) mass is 421 g/mol. The summed E-state index contributed by atoms with van der Waals surface area (Å²) >= 11 is 3.16. The maximum atomic E-state index is 13.6. The van der Waals surface area contributed by atoms with Gasteiger partial charge in [0.15, 0.2) is 0 Å². The van der Waals surface area contributed by atoms with Gasteiger partial charge >= 0.3 is 0 Å². The lowest BCUT2D eigenvalue weighted by atomic mass is 9.95. The molecule has 0 bridgehead atoms. The average Bonchev–Trinajstić information content (AvgIpc) is 2.51. The molecule has 1 atom stereocenters. The molecule has 1 amide bonds. The number of benzene rings is 1. The quantitative estimate of drug-likeness (QED) is 0.793. The van der Waals surface area contributed by atoms with Crippen molar-refractivity contribution in [1.29, 1.82) is 0 Å². The summed E-state index contributed by atoms with van der Waals surface area (Å²) in [5.41, 5.74) is 6.31. The van der Waals surface area contributed by atoms with E-state index in [-0.39, 0.29) is 24.1 Å². The minimum atomic E-state index is -0.772. The van der Waals surface area contributed by atoms with Crippen LogP contribution in [0.2, 0.25) is 0 Å². The average molecular weight is 423 g/mol. The highest BCUT2D eigenvalue weighted by Gasteiger charge is 2.33. The lowest BCUT2D eigenvalue weighted by Gasteiger charge is -2.38. The molecule has 2 N–H and O–H groups in total. The number of nitrogens with zero attached hydrogens (tertiary/aromatic N) is 2. The highest BCUT2D eigenvalue weighted by molar-refractivity contribution is 9.10. The first kappa shape index (κ1) is 21.4. The van der Waals surface area contributed by atoms with Gasteiger partial charge in [0.1, 0.15) is 5.82 Å². The Labute approximate surface area is 158 Å². The topological polar surface area (TPSA) is 49.6 Å². The molecule has 2 rings (SSSR count). The number of piperazine rings is 1. The van der Waals surface area contributed by atoms with Gasteiger partial charge in [-0.1, -0.05) is 19.4 Å². The van der Waals surface area contributed by atoms with E-state index in [9.17, 15) is 9.18 Å². The Morgan fingerprint density at radius 2 is 1.96 bits per heavy atom. The number of rotatable bonds is 5. The van der Waals surface area contributed by atoms with Gasteiger partial charge in [0.2, 0.25) is 5.91 Å². The van der Waals surface area contributed by atoms with Gasteiger partial charge in [-0.25, -0.2) is 4.39 Å². The summed E-state index contributed by atoms with van der Waals surface area (Å²) in [4.78, 5) is 16.6. The Balaban J connectivity index is 0.00000288. The second kappa shape index (κ2) is 9.13. The fourth-order valence-corrected chi connectivity index (χ4v) is 3.24. The Kier molecular flexibility index (Phi) is 8.12. The third kappa shape index (κ3) is 5.41. The molecular weight excluding hydrogens is 397 g/mol. The van der Waals surface area contributed by atoms with Gasteiger partial charge in [0.05, 0.1) is 10.0 Å². The SMILES string of the molecule is CCCC(C)(N)C(=O)N1CCN(Cc2ccc(Br)c(F)c2)CC1.Cl. The predicted octanol–water partition coefficient (Wildman–Crippen LogP) is 3.17. The van der Waals surface area contributed by atoms with Crippen molar-refractivity contribution >= 4 is 34.2 Å². The minimum absolute atomic E-state index is 0. The number of carbonyl (C=O) groups excluding carboxylic acids is 1. The van der Waals surface area contributed by atoms with E-state index in [1.165, 1.54) is 0 Å². The number of hydrogen-bond donors (Lipinski definition) is 1. The van der Waals surface area contributed by atoms with Crippen molar-refractivity contribution in [1.82, 2.24) is 9.80 Å². The molecule has 0 aliphatic carbocycles. The summed E-state index contributed by atoms with van der Waals surface area (Å²) in [5, 5.41) is 0. The van der Waals surface area contributed by atoms with Gasteiger partial charge in [-0.05, 0) is 47.0 Å². The largest absolute Gasteiger partial charge is 0.339 e. The lowest BCUT2D eigenvalue weighted by molar-refractivity contribution is -0.138. The number of carbonyl (C=O) groups is 1. The summed E-state index contributed by atoms with van der Waals surface area (Å²) in [6.07, 6.45) is 1.60. The summed E-state index contributed by atoms with van der Waals surface area (Å²) in [5.74, 6) is -0.205. The van der Waals surface area contributed by atoms with Crippen molar-refractivity contribution in [2.24, 2.45) is 5.73 Å². The third-order valence-electron chi connectivity index (χ3n) is 4.31. The van der Waals surface area contributed by atoms with Gasteiger partial charge in [-0.15, -0.1) is 12.4 Å². The van der Waals surface area contributed by atoms with Crippen LogP contribution in [-0.2, 0) is 11.3 Å². The molecule has 0 saturated carbocycles. The molecule has 1 aliphatic rings. The molecule has 1 unspecified atom stereocenters. The molecule has 1 aliphatic heterocycles. The highest BCUT2D eigenvalue weighted by atomic mass is 79.9. The molecular formula is C17H26BrClFN3O. The van der Waals surface area contributed by atoms with E-state index in [0.717, 1.165) is 25.1 Å². The van der Waals surface area contributed by atoms with Crippen molar-refractivity contribution < 1.29 is 9.18 Å². The summed E-state index contributed by atoms with van der Waals surface area (Å²) < 4.78 is 14.1. The van der Waals surface area contributed by atoms with Crippen LogP contribution >= 0.6 is 28.3 Å². The zero-order chi connectivity index (χ0) is 17.0. The molecule has 0 spiro atoms. The Bertz CT molecular complexity index is 563. The molecule has 7 heteroatoms. The van der Waals surface area contributed by atoms with E-state index in [1.807, 2.05) is 24.8 Å². The van der Waals surface area contributed by atoms with E-state index in [1.54, 1.807) is 12.1 Å². The lowest BCUT2D eigenvalue weighted by Crippen LogP contribution is -2.58. The summed E-state index contributed by atoms with van der Waals surface area (Å²) in [6, 6.07) is 5.21.